The smallest absolute Gasteiger partial charge is 0.248 e. The van der Waals surface area contributed by atoms with Gasteiger partial charge in [-0.2, -0.15) is 0 Å². The van der Waals surface area contributed by atoms with E-state index in [1.54, 1.807) is 12.1 Å². The van der Waals surface area contributed by atoms with E-state index in [0.29, 0.717) is 25.1 Å². The average molecular weight is 544 g/mol. The Morgan fingerprint density at radius 1 is 0.925 bits per heavy atom. The van der Waals surface area contributed by atoms with Gasteiger partial charge in [-0.3, -0.25) is 15.0 Å². The number of nitrogens with zero attached hydrogens (tertiary/aromatic N) is 1. The molecule has 6 N–H and O–H groups in total. The van der Waals surface area contributed by atoms with Crippen LogP contribution >= 0.6 is 0 Å². The summed E-state index contributed by atoms with van der Waals surface area (Å²) in [5, 5.41) is 31.2. The normalized spacial score (nSPS) is 14.7. The van der Waals surface area contributed by atoms with E-state index < -0.39 is 6.23 Å². The van der Waals surface area contributed by atoms with Crippen molar-refractivity contribution in [2.45, 2.75) is 19.1 Å². The van der Waals surface area contributed by atoms with Crippen LogP contribution in [0.2, 0.25) is 0 Å². The predicted octanol–water partition coefficient (Wildman–Crippen LogP) is 2.95. The maximum absolute atomic E-state index is 11.6. The first-order valence-corrected chi connectivity index (χ1v) is 13.8. The molecular formula is C31H37N5O4. The Bertz CT molecular complexity index is 1430. The summed E-state index contributed by atoms with van der Waals surface area (Å²) >= 11 is 0. The fourth-order valence-corrected chi connectivity index (χ4v) is 4.92. The van der Waals surface area contributed by atoms with Gasteiger partial charge in [-0.1, -0.05) is 18.2 Å². The van der Waals surface area contributed by atoms with E-state index in [2.05, 4.69) is 38.0 Å². The number of piperazine rings is 1. The number of phenols is 1. The first-order valence-electron chi connectivity index (χ1n) is 13.8. The molecule has 0 aliphatic carbocycles. The summed E-state index contributed by atoms with van der Waals surface area (Å²) in [7, 11) is 0. The van der Waals surface area contributed by atoms with Crippen LogP contribution in [-0.4, -0.2) is 72.2 Å². The molecule has 0 amide bonds. The Labute approximate surface area is 233 Å². The van der Waals surface area contributed by atoms with Gasteiger partial charge in [0.05, 0.1) is 5.52 Å². The van der Waals surface area contributed by atoms with Crippen LogP contribution in [0.25, 0.3) is 10.9 Å². The average Bonchev–Trinajstić information content (AvgIpc) is 2.97. The van der Waals surface area contributed by atoms with Crippen LogP contribution in [0.4, 0.5) is 11.4 Å². The van der Waals surface area contributed by atoms with E-state index in [4.69, 9.17) is 4.74 Å². The highest BCUT2D eigenvalue weighted by Crippen LogP contribution is 2.25. The van der Waals surface area contributed by atoms with Crippen molar-refractivity contribution in [1.82, 2.24) is 20.5 Å². The highest BCUT2D eigenvalue weighted by Gasteiger charge is 2.11. The Balaban J connectivity index is 1.04. The van der Waals surface area contributed by atoms with E-state index >= 15 is 0 Å². The minimum atomic E-state index is -0.755. The van der Waals surface area contributed by atoms with Gasteiger partial charge in [0.2, 0.25) is 5.56 Å². The van der Waals surface area contributed by atoms with Gasteiger partial charge in [0, 0.05) is 68.5 Å². The number of aliphatic hydroxyl groups excluding tert-OH is 1. The Morgan fingerprint density at radius 3 is 2.40 bits per heavy atom. The molecule has 1 aromatic heterocycles. The molecular weight excluding hydrogens is 506 g/mol. The fourth-order valence-electron chi connectivity index (χ4n) is 4.92. The second-order valence-corrected chi connectivity index (χ2v) is 10.1. The third-order valence-corrected chi connectivity index (χ3v) is 7.15. The van der Waals surface area contributed by atoms with E-state index in [1.807, 2.05) is 36.4 Å². The Kier molecular flexibility index (Phi) is 9.30. The number of benzene rings is 3. The number of H-pyrrole nitrogens is 1. The van der Waals surface area contributed by atoms with Crippen LogP contribution in [0.1, 0.15) is 11.1 Å². The largest absolute Gasteiger partial charge is 0.506 e. The molecule has 3 aromatic carbocycles. The molecule has 0 saturated carbocycles. The minimum Gasteiger partial charge on any atom is -0.506 e. The van der Waals surface area contributed by atoms with Gasteiger partial charge in [0.1, 0.15) is 24.3 Å². The third-order valence-electron chi connectivity index (χ3n) is 7.15. The minimum absolute atomic E-state index is 0.0136. The van der Waals surface area contributed by atoms with Crippen molar-refractivity contribution in [2.24, 2.45) is 0 Å². The first-order chi connectivity index (χ1) is 19.5. The van der Waals surface area contributed by atoms with Crippen LogP contribution in [0.5, 0.6) is 11.5 Å². The lowest BCUT2D eigenvalue weighted by molar-refractivity contribution is 0.138. The van der Waals surface area contributed by atoms with Gasteiger partial charge in [0.25, 0.3) is 0 Å². The molecule has 210 valence electrons. The number of aliphatic hydroxyl groups is 1. The standard InChI is InChI=1S/C31H37N5O4/c37-28-11-3-23(27-10-12-29(38)35-31(27)28)21-30(39)33-14-13-22-1-4-24(5-2-22)34-25-6-8-26(9-7-25)40-20-19-36-17-15-32-16-18-36/h1-12,30,32-34,37,39H,13-21H2,(H,35,38)/t30-/m1/s1. The summed E-state index contributed by atoms with van der Waals surface area (Å²) in [5.74, 6) is 0.888. The van der Waals surface area contributed by atoms with Crippen molar-refractivity contribution in [3.63, 3.8) is 0 Å². The van der Waals surface area contributed by atoms with Gasteiger partial charge < -0.3 is 30.6 Å². The van der Waals surface area contributed by atoms with Crippen molar-refractivity contribution in [3.8, 4) is 11.5 Å². The van der Waals surface area contributed by atoms with Gasteiger partial charge in [-0.25, -0.2) is 0 Å². The van der Waals surface area contributed by atoms with Gasteiger partial charge in [0.15, 0.2) is 0 Å². The zero-order valence-electron chi connectivity index (χ0n) is 22.5. The van der Waals surface area contributed by atoms with Crippen LogP contribution in [0, 0.1) is 0 Å². The molecule has 0 unspecified atom stereocenters. The second-order valence-electron chi connectivity index (χ2n) is 10.1. The molecule has 0 radical (unpaired) electrons. The van der Waals surface area contributed by atoms with Gasteiger partial charge >= 0.3 is 0 Å². The van der Waals surface area contributed by atoms with Crippen molar-refractivity contribution < 1.29 is 14.9 Å². The summed E-state index contributed by atoms with van der Waals surface area (Å²) in [6.07, 6.45) is 0.363. The number of nitrogens with one attached hydrogen (secondary N) is 4. The topological polar surface area (TPSA) is 122 Å². The lowest BCUT2D eigenvalue weighted by Gasteiger charge is -2.26. The maximum Gasteiger partial charge on any atom is 0.248 e. The number of hydrogen-bond donors (Lipinski definition) is 6. The number of pyridine rings is 1. The van der Waals surface area contributed by atoms with Crippen molar-refractivity contribution >= 4 is 22.3 Å². The number of aromatic hydroxyl groups is 1. The quantitative estimate of drug-likeness (QED) is 0.151. The van der Waals surface area contributed by atoms with Crippen LogP contribution in [0.3, 0.4) is 0 Å². The molecule has 0 spiro atoms. The lowest BCUT2D eigenvalue weighted by atomic mass is 10.0. The number of anilines is 2. The van der Waals surface area contributed by atoms with Gasteiger partial charge in [-0.05, 0) is 66.1 Å². The van der Waals surface area contributed by atoms with Crippen molar-refractivity contribution in [1.29, 1.82) is 0 Å². The maximum atomic E-state index is 11.6. The molecule has 4 aromatic rings. The number of hydrogen-bond acceptors (Lipinski definition) is 8. The van der Waals surface area contributed by atoms with E-state index in [-0.39, 0.29) is 11.3 Å². The lowest BCUT2D eigenvalue weighted by Crippen LogP contribution is -2.44. The highest BCUT2D eigenvalue weighted by atomic mass is 16.5. The number of phenolic OH excluding ortho intramolecular Hbond substituents is 1. The first kappa shape index (κ1) is 27.7. The van der Waals surface area contributed by atoms with E-state index in [9.17, 15) is 15.0 Å². The summed E-state index contributed by atoms with van der Waals surface area (Å²) in [6, 6.07) is 22.7. The van der Waals surface area contributed by atoms with Gasteiger partial charge in [-0.15, -0.1) is 0 Å². The molecule has 1 fully saturated rings. The summed E-state index contributed by atoms with van der Waals surface area (Å²) < 4.78 is 5.91. The molecule has 1 aliphatic heterocycles. The molecule has 5 rings (SSSR count). The number of fused-ring (bicyclic) bond motifs is 1. The highest BCUT2D eigenvalue weighted by molar-refractivity contribution is 5.87. The van der Waals surface area contributed by atoms with Crippen LogP contribution < -0.4 is 26.2 Å². The summed E-state index contributed by atoms with van der Waals surface area (Å²) in [4.78, 5) is 16.7. The number of aromatic amines is 1. The predicted molar refractivity (Wildman–Crippen MR) is 159 cm³/mol. The Morgan fingerprint density at radius 2 is 1.65 bits per heavy atom. The molecule has 1 saturated heterocycles. The molecule has 0 bridgehead atoms. The number of rotatable bonds is 12. The zero-order chi connectivity index (χ0) is 27.7. The summed E-state index contributed by atoms with van der Waals surface area (Å²) in [6.45, 7) is 6.49. The Hall–Kier alpha value is -3.89. The van der Waals surface area contributed by atoms with Crippen molar-refractivity contribution in [2.75, 3.05) is 51.2 Å². The fraction of sp³-hybridized carbons (Fsp3) is 0.323. The number of aromatic nitrogens is 1. The van der Waals surface area contributed by atoms with Crippen LogP contribution in [-0.2, 0) is 12.8 Å². The number of ether oxygens (including phenoxy) is 1. The molecule has 1 atom stereocenters. The monoisotopic (exact) mass is 543 g/mol. The van der Waals surface area contributed by atoms with E-state index in [1.165, 1.54) is 12.1 Å². The third kappa shape index (κ3) is 7.61. The summed E-state index contributed by atoms with van der Waals surface area (Å²) in [5.41, 5.74) is 4.11. The zero-order valence-corrected chi connectivity index (χ0v) is 22.5. The van der Waals surface area contributed by atoms with E-state index in [0.717, 1.165) is 72.8 Å². The molecule has 40 heavy (non-hydrogen) atoms. The SMILES string of the molecule is O=c1ccc2c(C[C@@H](O)NCCc3ccc(Nc4ccc(OCCN5CCNCC5)cc4)cc3)ccc(O)c2[nH]1. The molecule has 2 heterocycles. The second kappa shape index (κ2) is 13.5. The molecule has 9 heteroatoms. The van der Waals surface area contributed by atoms with Crippen molar-refractivity contribution in [3.05, 3.63) is 94.3 Å². The molecule has 1 aliphatic rings. The van der Waals surface area contributed by atoms with Crippen LogP contribution in [0.15, 0.2) is 77.6 Å². The molecule has 9 nitrogen and oxygen atoms in total.